The normalized spacial score (nSPS) is 17.4. The number of hydrogen-bond donors (Lipinski definition) is 1. The summed E-state index contributed by atoms with van der Waals surface area (Å²) in [6, 6.07) is 6.40. The summed E-state index contributed by atoms with van der Waals surface area (Å²) in [5.74, 6) is 2.01. The zero-order valence-corrected chi connectivity index (χ0v) is 18.7. The molecule has 6 nitrogen and oxygen atoms in total. The van der Waals surface area contributed by atoms with Gasteiger partial charge in [-0.15, -0.1) is 0 Å². The highest BCUT2D eigenvalue weighted by atomic mass is 32.2. The Balaban J connectivity index is 1.72. The van der Waals surface area contributed by atoms with Crippen LogP contribution >= 0.6 is 11.8 Å². The van der Waals surface area contributed by atoms with Crippen molar-refractivity contribution in [3.05, 3.63) is 29.8 Å². The maximum atomic E-state index is 12.1. The lowest BCUT2D eigenvalue weighted by molar-refractivity contribution is 0.0191. The van der Waals surface area contributed by atoms with E-state index in [9.17, 15) is 18.3 Å². The van der Waals surface area contributed by atoms with Crippen LogP contribution in [0, 0.1) is 5.92 Å². The number of benzene rings is 1. The summed E-state index contributed by atoms with van der Waals surface area (Å²) in [6.45, 7) is 7.02. The molecule has 1 unspecified atom stereocenters. The molecule has 1 amide bonds. The van der Waals surface area contributed by atoms with Crippen molar-refractivity contribution in [2.24, 2.45) is 5.92 Å². The minimum Gasteiger partial charge on any atom is -0.444 e. The van der Waals surface area contributed by atoms with Crippen molar-refractivity contribution < 1.29 is 23.1 Å². The van der Waals surface area contributed by atoms with Gasteiger partial charge in [0.05, 0.1) is 11.0 Å². The van der Waals surface area contributed by atoms with Gasteiger partial charge in [-0.1, -0.05) is 12.1 Å². The van der Waals surface area contributed by atoms with Crippen molar-refractivity contribution in [2.75, 3.05) is 30.9 Å². The number of aliphatic hydroxyl groups excluding tert-OH is 1. The Bertz CT molecular complexity index is 748. The van der Waals surface area contributed by atoms with E-state index >= 15 is 0 Å². The predicted molar refractivity (Wildman–Crippen MR) is 112 cm³/mol. The van der Waals surface area contributed by atoms with Crippen LogP contribution in [0.25, 0.3) is 0 Å². The molecule has 1 N–H and O–H groups in total. The molecule has 1 saturated heterocycles. The first-order chi connectivity index (χ1) is 13.0. The van der Waals surface area contributed by atoms with Crippen LogP contribution in [0.5, 0.6) is 0 Å². The van der Waals surface area contributed by atoms with Crippen LogP contribution in [0.3, 0.4) is 0 Å². The highest BCUT2D eigenvalue weighted by molar-refractivity contribution is 7.99. The lowest BCUT2D eigenvalue weighted by atomic mass is 9.99. The smallest absolute Gasteiger partial charge is 0.410 e. The van der Waals surface area contributed by atoms with Crippen LogP contribution in [-0.2, 0) is 14.6 Å². The summed E-state index contributed by atoms with van der Waals surface area (Å²) in [7, 11) is -3.22. The molecule has 1 heterocycles. The van der Waals surface area contributed by atoms with Crippen LogP contribution in [0.4, 0.5) is 4.79 Å². The standard InChI is InChI=1S/C20H31NO5S2/c1-20(2,3)26-19(23)21-11-9-15(10-12-21)13-27-14-18(22)16-5-7-17(8-6-16)28(4,24)25/h5-8,15,18,22H,9-14H2,1-4H3. The van der Waals surface area contributed by atoms with Crippen molar-refractivity contribution in [2.45, 2.75) is 50.2 Å². The highest BCUT2D eigenvalue weighted by Gasteiger charge is 2.26. The van der Waals surface area contributed by atoms with Crippen LogP contribution in [-0.4, -0.2) is 61.0 Å². The molecule has 8 heteroatoms. The third-order valence-electron chi connectivity index (χ3n) is 4.59. The number of rotatable bonds is 6. The summed E-state index contributed by atoms with van der Waals surface area (Å²) >= 11 is 1.69. The van der Waals surface area contributed by atoms with Gasteiger partial charge in [0.1, 0.15) is 5.60 Å². The lowest BCUT2D eigenvalue weighted by Gasteiger charge is -2.33. The van der Waals surface area contributed by atoms with Crippen LogP contribution in [0.1, 0.15) is 45.3 Å². The molecular formula is C20H31NO5S2. The van der Waals surface area contributed by atoms with E-state index in [1.807, 2.05) is 20.8 Å². The Morgan fingerprint density at radius 3 is 2.32 bits per heavy atom. The third kappa shape index (κ3) is 7.29. The monoisotopic (exact) mass is 429 g/mol. The van der Waals surface area contributed by atoms with Crippen LogP contribution in [0.2, 0.25) is 0 Å². The first-order valence-electron chi connectivity index (χ1n) is 9.49. The SMILES string of the molecule is CC(C)(C)OC(=O)N1CCC(CSCC(O)c2ccc(S(C)(=O)=O)cc2)CC1. The number of piperidine rings is 1. The average Bonchev–Trinajstić information content (AvgIpc) is 2.60. The maximum absolute atomic E-state index is 12.1. The van der Waals surface area contributed by atoms with E-state index < -0.39 is 21.5 Å². The van der Waals surface area contributed by atoms with Gasteiger partial charge in [0.2, 0.25) is 0 Å². The van der Waals surface area contributed by atoms with Crippen molar-refractivity contribution >= 4 is 27.7 Å². The first-order valence-corrected chi connectivity index (χ1v) is 12.5. The second kappa shape index (κ2) is 9.50. The summed E-state index contributed by atoms with van der Waals surface area (Å²) in [5, 5.41) is 10.3. The molecule has 1 aliphatic rings. The van der Waals surface area contributed by atoms with Crippen molar-refractivity contribution in [1.82, 2.24) is 4.90 Å². The van der Waals surface area contributed by atoms with Crippen molar-refractivity contribution in [1.29, 1.82) is 0 Å². The number of carbonyl (C=O) groups is 1. The predicted octanol–water partition coefficient (Wildman–Crippen LogP) is 3.50. The number of sulfone groups is 1. The zero-order valence-electron chi connectivity index (χ0n) is 17.1. The van der Waals surface area contributed by atoms with E-state index in [2.05, 4.69) is 0 Å². The minimum atomic E-state index is -3.22. The quantitative estimate of drug-likeness (QED) is 0.745. The lowest BCUT2D eigenvalue weighted by Crippen LogP contribution is -2.42. The summed E-state index contributed by atoms with van der Waals surface area (Å²) < 4.78 is 28.4. The molecule has 158 valence electrons. The number of hydrogen-bond acceptors (Lipinski definition) is 6. The van der Waals surface area contributed by atoms with Gasteiger partial charge in [-0.2, -0.15) is 11.8 Å². The molecule has 0 aromatic heterocycles. The van der Waals surface area contributed by atoms with Gasteiger partial charge in [-0.25, -0.2) is 13.2 Å². The number of nitrogens with zero attached hydrogens (tertiary/aromatic N) is 1. The topological polar surface area (TPSA) is 83.9 Å². The van der Waals surface area contributed by atoms with E-state index in [1.165, 1.54) is 18.4 Å². The summed E-state index contributed by atoms with van der Waals surface area (Å²) in [6.07, 6.45) is 2.17. The third-order valence-corrected chi connectivity index (χ3v) is 6.98. The number of thioether (sulfide) groups is 1. The zero-order chi connectivity index (χ0) is 20.9. The van der Waals surface area contributed by atoms with E-state index in [0.717, 1.165) is 24.2 Å². The molecule has 0 bridgehead atoms. The molecule has 1 atom stereocenters. The van der Waals surface area contributed by atoms with Gasteiger partial charge in [0, 0.05) is 25.1 Å². The fourth-order valence-corrected chi connectivity index (χ4v) is 4.84. The minimum absolute atomic E-state index is 0.244. The molecule has 28 heavy (non-hydrogen) atoms. The molecular weight excluding hydrogens is 398 g/mol. The van der Waals surface area contributed by atoms with Gasteiger partial charge in [0.15, 0.2) is 9.84 Å². The van der Waals surface area contributed by atoms with Crippen LogP contribution in [0.15, 0.2) is 29.2 Å². The molecule has 0 saturated carbocycles. The van der Waals surface area contributed by atoms with Crippen molar-refractivity contribution in [3.63, 3.8) is 0 Å². The van der Waals surface area contributed by atoms with E-state index in [0.29, 0.717) is 24.8 Å². The number of aliphatic hydroxyl groups is 1. The molecule has 1 fully saturated rings. The molecule has 0 spiro atoms. The molecule has 1 aromatic carbocycles. The van der Waals surface area contributed by atoms with E-state index in [-0.39, 0.29) is 11.0 Å². The number of carbonyl (C=O) groups excluding carboxylic acids is 1. The summed E-state index contributed by atoms with van der Waals surface area (Å²) in [5.41, 5.74) is 0.249. The largest absolute Gasteiger partial charge is 0.444 e. The molecule has 0 aliphatic carbocycles. The summed E-state index contributed by atoms with van der Waals surface area (Å²) in [4.78, 5) is 14.1. The number of likely N-dealkylation sites (tertiary alicyclic amines) is 1. The Labute approximate surface area is 172 Å². The van der Waals surface area contributed by atoms with Crippen LogP contribution < -0.4 is 0 Å². The second-order valence-electron chi connectivity index (χ2n) is 8.31. The second-order valence-corrected chi connectivity index (χ2v) is 11.4. The average molecular weight is 430 g/mol. The Kier molecular flexibility index (Phi) is 7.81. The molecule has 0 radical (unpaired) electrons. The van der Waals surface area contributed by atoms with Gasteiger partial charge >= 0.3 is 6.09 Å². The number of amides is 1. The fourth-order valence-electron chi connectivity index (χ4n) is 2.99. The Morgan fingerprint density at radius 2 is 1.82 bits per heavy atom. The number of ether oxygens (including phenoxy) is 1. The fraction of sp³-hybridized carbons (Fsp3) is 0.650. The Morgan fingerprint density at radius 1 is 1.25 bits per heavy atom. The van der Waals surface area contributed by atoms with Crippen molar-refractivity contribution in [3.8, 4) is 0 Å². The highest BCUT2D eigenvalue weighted by Crippen LogP contribution is 2.26. The van der Waals surface area contributed by atoms with Gasteiger partial charge in [0.25, 0.3) is 0 Å². The van der Waals surface area contributed by atoms with Gasteiger partial charge in [-0.05, 0) is 63.0 Å². The molecule has 1 aliphatic heterocycles. The van der Waals surface area contributed by atoms with E-state index in [1.54, 1.807) is 28.8 Å². The molecule has 2 rings (SSSR count). The first kappa shape index (κ1) is 23.0. The Hall–Kier alpha value is -1.25. The van der Waals surface area contributed by atoms with E-state index in [4.69, 9.17) is 4.74 Å². The van der Waals surface area contributed by atoms with Gasteiger partial charge in [-0.3, -0.25) is 0 Å². The maximum Gasteiger partial charge on any atom is 0.410 e. The molecule has 1 aromatic rings. The van der Waals surface area contributed by atoms with Gasteiger partial charge < -0.3 is 14.7 Å².